The Morgan fingerprint density at radius 1 is 0.950 bits per heavy atom. The molecule has 0 saturated heterocycles. The standard InChI is InChI=1S/C14H31N5O/c1-17-10-6-2-3-7-11-18-14(16)19-12-8-4-5-9-13(15)20/h17H,2-12H2,1H3,(H2,15,20)(H3,16,18,19). The third kappa shape index (κ3) is 14.8. The van der Waals surface area contributed by atoms with Gasteiger partial charge in [-0.25, -0.2) is 0 Å². The fourth-order valence-corrected chi connectivity index (χ4v) is 1.84. The number of guanidine groups is 1. The molecule has 118 valence electrons. The summed E-state index contributed by atoms with van der Waals surface area (Å²) in [4.78, 5) is 14.8. The second-order valence-corrected chi connectivity index (χ2v) is 4.99. The van der Waals surface area contributed by atoms with Crippen molar-refractivity contribution in [1.29, 1.82) is 0 Å². The van der Waals surface area contributed by atoms with Gasteiger partial charge in [0.25, 0.3) is 0 Å². The molecule has 1 amide bonds. The van der Waals surface area contributed by atoms with E-state index in [1.165, 1.54) is 19.3 Å². The minimum absolute atomic E-state index is 0.232. The maximum absolute atomic E-state index is 10.5. The lowest BCUT2D eigenvalue weighted by molar-refractivity contribution is -0.118. The van der Waals surface area contributed by atoms with Crippen LogP contribution in [-0.2, 0) is 4.79 Å². The summed E-state index contributed by atoms with van der Waals surface area (Å²) in [6.07, 6.45) is 8.03. The number of carbonyl (C=O) groups is 1. The predicted molar refractivity (Wildman–Crippen MR) is 84.5 cm³/mol. The first-order valence-electron chi connectivity index (χ1n) is 7.63. The van der Waals surface area contributed by atoms with E-state index in [4.69, 9.17) is 11.5 Å². The Morgan fingerprint density at radius 2 is 1.60 bits per heavy atom. The van der Waals surface area contributed by atoms with Gasteiger partial charge in [0.05, 0.1) is 0 Å². The van der Waals surface area contributed by atoms with Crippen molar-refractivity contribution in [2.45, 2.75) is 51.4 Å². The third-order valence-corrected chi connectivity index (χ3v) is 3.02. The Balaban J connectivity index is 3.31. The summed E-state index contributed by atoms with van der Waals surface area (Å²) >= 11 is 0. The van der Waals surface area contributed by atoms with Crippen LogP contribution in [-0.4, -0.2) is 38.5 Å². The zero-order valence-corrected chi connectivity index (χ0v) is 12.8. The van der Waals surface area contributed by atoms with Crippen LogP contribution in [0.1, 0.15) is 51.4 Å². The molecular formula is C14H31N5O. The van der Waals surface area contributed by atoms with Crippen LogP contribution in [0, 0.1) is 0 Å². The molecule has 0 fully saturated rings. The van der Waals surface area contributed by atoms with Gasteiger partial charge in [0.2, 0.25) is 5.91 Å². The lowest BCUT2D eigenvalue weighted by Gasteiger charge is -2.05. The highest BCUT2D eigenvalue weighted by Gasteiger charge is 1.95. The number of nitrogens with two attached hydrogens (primary N) is 2. The Hall–Kier alpha value is -1.30. The summed E-state index contributed by atoms with van der Waals surface area (Å²) in [7, 11) is 1.98. The Morgan fingerprint density at radius 3 is 2.25 bits per heavy atom. The van der Waals surface area contributed by atoms with Crippen molar-refractivity contribution in [3.8, 4) is 0 Å². The normalized spacial score (nSPS) is 11.6. The molecule has 0 aromatic rings. The number of aliphatic imine (C=N–C) groups is 1. The second-order valence-electron chi connectivity index (χ2n) is 4.99. The van der Waals surface area contributed by atoms with Crippen LogP contribution < -0.4 is 22.1 Å². The third-order valence-electron chi connectivity index (χ3n) is 3.02. The van der Waals surface area contributed by atoms with E-state index in [0.29, 0.717) is 18.9 Å². The minimum atomic E-state index is -0.232. The average Bonchev–Trinajstić information content (AvgIpc) is 2.41. The van der Waals surface area contributed by atoms with Crippen molar-refractivity contribution in [3.63, 3.8) is 0 Å². The van der Waals surface area contributed by atoms with Crippen molar-refractivity contribution < 1.29 is 4.79 Å². The van der Waals surface area contributed by atoms with Crippen molar-refractivity contribution in [2.75, 3.05) is 26.7 Å². The van der Waals surface area contributed by atoms with Gasteiger partial charge in [0, 0.05) is 19.5 Å². The SMILES string of the molecule is CNCCCCCCNC(N)=NCCCCCC(N)=O. The molecule has 0 heterocycles. The first kappa shape index (κ1) is 18.7. The fourth-order valence-electron chi connectivity index (χ4n) is 1.84. The van der Waals surface area contributed by atoms with E-state index in [9.17, 15) is 4.79 Å². The molecule has 20 heavy (non-hydrogen) atoms. The molecule has 0 rings (SSSR count). The monoisotopic (exact) mass is 285 g/mol. The minimum Gasteiger partial charge on any atom is -0.370 e. The molecule has 0 spiro atoms. The number of hydrogen-bond donors (Lipinski definition) is 4. The molecule has 6 heteroatoms. The van der Waals surface area contributed by atoms with Crippen LogP contribution in [0.5, 0.6) is 0 Å². The van der Waals surface area contributed by atoms with Crippen LogP contribution in [0.2, 0.25) is 0 Å². The van der Waals surface area contributed by atoms with E-state index in [0.717, 1.165) is 38.8 Å². The van der Waals surface area contributed by atoms with Gasteiger partial charge >= 0.3 is 0 Å². The number of rotatable bonds is 13. The van der Waals surface area contributed by atoms with Gasteiger partial charge in [-0.3, -0.25) is 9.79 Å². The van der Waals surface area contributed by atoms with Gasteiger partial charge < -0.3 is 22.1 Å². The smallest absolute Gasteiger partial charge is 0.217 e. The number of nitrogens with one attached hydrogen (secondary N) is 2. The van der Waals surface area contributed by atoms with Crippen LogP contribution in [0.25, 0.3) is 0 Å². The van der Waals surface area contributed by atoms with Crippen LogP contribution >= 0.6 is 0 Å². The molecule has 0 aliphatic heterocycles. The molecule has 0 atom stereocenters. The fraction of sp³-hybridized carbons (Fsp3) is 0.857. The van der Waals surface area contributed by atoms with E-state index in [2.05, 4.69) is 15.6 Å². The number of primary amides is 1. The highest BCUT2D eigenvalue weighted by molar-refractivity contribution is 5.77. The number of amides is 1. The lowest BCUT2D eigenvalue weighted by atomic mass is 10.2. The van der Waals surface area contributed by atoms with Gasteiger partial charge in [0.15, 0.2) is 5.96 Å². The van der Waals surface area contributed by atoms with Crippen LogP contribution in [0.3, 0.4) is 0 Å². The summed E-state index contributed by atoms with van der Waals surface area (Å²) in [6, 6.07) is 0. The number of unbranched alkanes of at least 4 members (excludes halogenated alkanes) is 5. The summed E-state index contributed by atoms with van der Waals surface area (Å²) in [5.74, 6) is 0.291. The summed E-state index contributed by atoms with van der Waals surface area (Å²) < 4.78 is 0. The van der Waals surface area contributed by atoms with Gasteiger partial charge in [-0.15, -0.1) is 0 Å². The largest absolute Gasteiger partial charge is 0.370 e. The van der Waals surface area contributed by atoms with Crippen LogP contribution in [0.15, 0.2) is 4.99 Å². The molecule has 0 aromatic carbocycles. The molecule has 0 aliphatic rings. The topological polar surface area (TPSA) is 106 Å². The highest BCUT2D eigenvalue weighted by Crippen LogP contribution is 1.99. The summed E-state index contributed by atoms with van der Waals surface area (Å²) in [6.45, 7) is 2.68. The van der Waals surface area contributed by atoms with Gasteiger partial charge in [0.1, 0.15) is 0 Å². The number of nitrogens with zero attached hydrogens (tertiary/aromatic N) is 1. The molecule has 0 saturated carbocycles. The van der Waals surface area contributed by atoms with Crippen LogP contribution in [0.4, 0.5) is 0 Å². The van der Waals surface area contributed by atoms with Gasteiger partial charge in [-0.1, -0.05) is 19.3 Å². The van der Waals surface area contributed by atoms with E-state index in [1.54, 1.807) is 0 Å². The Kier molecular flexibility index (Phi) is 13.2. The maximum Gasteiger partial charge on any atom is 0.217 e. The molecular weight excluding hydrogens is 254 g/mol. The Bertz CT molecular complexity index is 268. The van der Waals surface area contributed by atoms with Gasteiger partial charge in [-0.05, 0) is 39.3 Å². The molecule has 0 radical (unpaired) electrons. The lowest BCUT2D eigenvalue weighted by Crippen LogP contribution is -2.32. The molecule has 0 aliphatic carbocycles. The first-order chi connectivity index (χ1) is 9.66. The van der Waals surface area contributed by atoms with E-state index < -0.39 is 0 Å². The quantitative estimate of drug-likeness (QED) is 0.227. The Labute approximate surface area is 122 Å². The van der Waals surface area contributed by atoms with Crippen molar-refractivity contribution in [3.05, 3.63) is 0 Å². The molecule has 0 bridgehead atoms. The molecule has 0 unspecified atom stereocenters. The van der Waals surface area contributed by atoms with E-state index in [1.807, 2.05) is 7.05 Å². The maximum atomic E-state index is 10.5. The highest BCUT2D eigenvalue weighted by atomic mass is 16.1. The van der Waals surface area contributed by atoms with Gasteiger partial charge in [-0.2, -0.15) is 0 Å². The number of carbonyl (C=O) groups excluding carboxylic acids is 1. The second kappa shape index (κ2) is 14.1. The summed E-state index contributed by atoms with van der Waals surface area (Å²) in [5.41, 5.74) is 10.8. The molecule has 6 N–H and O–H groups in total. The van der Waals surface area contributed by atoms with Crippen molar-refractivity contribution in [2.24, 2.45) is 16.5 Å². The molecule has 0 aromatic heterocycles. The van der Waals surface area contributed by atoms with E-state index in [-0.39, 0.29) is 5.91 Å². The van der Waals surface area contributed by atoms with Crippen molar-refractivity contribution in [1.82, 2.24) is 10.6 Å². The van der Waals surface area contributed by atoms with E-state index >= 15 is 0 Å². The predicted octanol–water partition coefficient (Wildman–Crippen LogP) is 0.716. The summed E-state index contributed by atoms with van der Waals surface area (Å²) in [5, 5.41) is 6.26. The zero-order chi connectivity index (χ0) is 15.1. The van der Waals surface area contributed by atoms with Crippen molar-refractivity contribution >= 4 is 11.9 Å². The average molecular weight is 285 g/mol. The first-order valence-corrected chi connectivity index (χ1v) is 7.63. The number of hydrogen-bond acceptors (Lipinski definition) is 3. The zero-order valence-electron chi connectivity index (χ0n) is 12.8. The molecule has 6 nitrogen and oxygen atoms in total.